The van der Waals surface area contributed by atoms with E-state index in [-0.39, 0.29) is 50.2 Å². The van der Waals surface area contributed by atoms with E-state index in [2.05, 4.69) is 5.32 Å². The van der Waals surface area contributed by atoms with E-state index >= 15 is 0 Å². The number of carbonyl (C=O) groups is 4. The number of ether oxygens (including phenoxy) is 6. The third-order valence-electron chi connectivity index (χ3n) is 10.2. The van der Waals surface area contributed by atoms with Crippen LogP contribution in [-0.4, -0.2) is 155 Å². The van der Waals surface area contributed by atoms with Crippen LogP contribution < -0.4 is 5.32 Å². The summed E-state index contributed by atoms with van der Waals surface area (Å²) in [6, 6.07) is 13.8. The topological polar surface area (TPSA) is 240 Å². The Morgan fingerprint density at radius 2 is 1.73 bits per heavy atom. The molecule has 3 aliphatic rings. The second-order valence-corrected chi connectivity index (χ2v) is 15.9. The first-order chi connectivity index (χ1) is 28.6. The molecule has 328 valence electrons. The highest BCUT2D eigenvalue weighted by molar-refractivity contribution is 5.97. The molecule has 2 saturated heterocycles. The third kappa shape index (κ3) is 12.5. The molecule has 0 unspecified atom stereocenters. The van der Waals surface area contributed by atoms with Gasteiger partial charge in [-0.2, -0.15) is 0 Å². The molecule has 17 heteroatoms. The molecule has 2 fully saturated rings. The van der Waals surface area contributed by atoms with Gasteiger partial charge >= 0.3 is 11.9 Å². The van der Waals surface area contributed by atoms with E-state index in [1.165, 1.54) is 11.9 Å². The lowest BCUT2D eigenvalue weighted by atomic mass is 9.90. The lowest BCUT2D eigenvalue weighted by molar-refractivity contribution is -0.298. The molecule has 2 amide bonds. The van der Waals surface area contributed by atoms with Crippen LogP contribution in [0.4, 0.5) is 0 Å². The summed E-state index contributed by atoms with van der Waals surface area (Å²) in [6.45, 7) is 4.04. The van der Waals surface area contributed by atoms with E-state index in [1.807, 2.05) is 30.3 Å². The highest BCUT2D eigenvalue weighted by Gasteiger charge is 2.45. The van der Waals surface area contributed by atoms with E-state index in [9.17, 15) is 44.7 Å². The predicted octanol–water partition coefficient (Wildman–Crippen LogP) is 0.782. The number of nitrogens with one attached hydrogen (secondary N) is 1. The number of carbonyl (C=O) groups excluding carboxylic acids is 4. The number of nitrogens with zero attached hydrogens (tertiary/aromatic N) is 1. The Hall–Kier alpha value is -4.56. The fourth-order valence-electron chi connectivity index (χ4n) is 7.03. The third-order valence-corrected chi connectivity index (χ3v) is 10.2. The molecule has 2 heterocycles. The van der Waals surface area contributed by atoms with E-state index in [4.69, 9.17) is 28.4 Å². The van der Waals surface area contributed by atoms with Gasteiger partial charge < -0.3 is 64.2 Å². The number of benzene rings is 2. The number of esters is 2. The van der Waals surface area contributed by atoms with Crippen molar-refractivity contribution in [3.8, 4) is 0 Å². The largest absolute Gasteiger partial charge is 0.460 e. The molecule has 2 aromatic carbocycles. The summed E-state index contributed by atoms with van der Waals surface area (Å²) in [5.74, 6) is -2.20. The first-order valence-corrected chi connectivity index (χ1v) is 19.9. The molecule has 0 aromatic heterocycles. The molecule has 17 nitrogen and oxygen atoms in total. The van der Waals surface area contributed by atoms with Crippen LogP contribution >= 0.6 is 0 Å². The van der Waals surface area contributed by atoms with Gasteiger partial charge in [0.2, 0.25) is 11.8 Å². The fraction of sp³-hybridized carbons (Fsp3) is 0.535. The molecule has 0 radical (unpaired) electrons. The smallest absolute Gasteiger partial charge is 0.338 e. The number of amides is 2. The Labute approximate surface area is 348 Å². The standard InChI is InChI=1S/C43H56N2O15/c1-43(2,3)60-34(48)16-15-29(22-46)44-39(52)30(19-26-10-6-5-7-11-26)45(4)40(53)28-20-31-38(57-24-56-31)32(21-28)58-41(54)27-14-8-12-25(18-27)13-9-17-55-42-37(51)36(50)35(49)33(23-47)59-42/h5-14,18,20,29-33,35-38,42,46-47,49-51H,15-17,19,21-24H2,1-4H3,(H,44,52)/t29-,30+,31+,32+,33+,35-,36-,37+,38+,42-/m0/s1. The number of aliphatic hydroxyl groups is 5. The second-order valence-electron chi connectivity index (χ2n) is 15.9. The molecule has 6 N–H and O–H groups in total. The van der Waals surface area contributed by atoms with Gasteiger partial charge in [-0.05, 0) is 56.5 Å². The Morgan fingerprint density at radius 1 is 0.983 bits per heavy atom. The van der Waals surface area contributed by atoms with Crippen molar-refractivity contribution in [1.29, 1.82) is 0 Å². The summed E-state index contributed by atoms with van der Waals surface area (Å²) >= 11 is 0. The number of likely N-dealkylation sites (N-methyl/N-ethyl adjacent to an activating group) is 1. The van der Waals surface area contributed by atoms with Gasteiger partial charge in [0.05, 0.1) is 31.4 Å². The van der Waals surface area contributed by atoms with Crippen molar-refractivity contribution in [2.75, 3.05) is 33.7 Å². The maximum atomic E-state index is 14.2. The molecule has 0 bridgehead atoms. The molecule has 10 atom stereocenters. The molecular weight excluding hydrogens is 784 g/mol. The minimum atomic E-state index is -1.57. The van der Waals surface area contributed by atoms with Gasteiger partial charge in [-0.3, -0.25) is 14.4 Å². The lowest BCUT2D eigenvalue weighted by Gasteiger charge is -2.39. The van der Waals surface area contributed by atoms with Gasteiger partial charge in [-0.15, -0.1) is 0 Å². The van der Waals surface area contributed by atoms with Gasteiger partial charge in [0.25, 0.3) is 0 Å². The van der Waals surface area contributed by atoms with Crippen LogP contribution in [0.2, 0.25) is 0 Å². The minimum absolute atomic E-state index is 0.0385. The summed E-state index contributed by atoms with van der Waals surface area (Å²) in [6.07, 6.45) is -4.34. The Kier molecular flexibility index (Phi) is 16.5. The molecule has 60 heavy (non-hydrogen) atoms. The van der Waals surface area contributed by atoms with E-state index in [1.54, 1.807) is 63.3 Å². The van der Waals surface area contributed by atoms with Crippen molar-refractivity contribution in [3.63, 3.8) is 0 Å². The van der Waals surface area contributed by atoms with Crippen molar-refractivity contribution in [2.45, 2.75) is 113 Å². The van der Waals surface area contributed by atoms with Gasteiger partial charge in [0, 0.05) is 31.9 Å². The van der Waals surface area contributed by atoms with Crippen LogP contribution in [0.15, 0.2) is 72.3 Å². The SMILES string of the molecule is CN(C(=O)C1=C[C@H]2OCO[C@H]2[C@H](OC(=O)c2cccc(C=CCO[C@H]3O[C@H](CO)[C@H](O)[C@H](O)[C@H]3O)c2)C1)[C@H](Cc1ccccc1)C(=O)N[C@H](CO)CCC(=O)OC(C)(C)C. The van der Waals surface area contributed by atoms with Gasteiger partial charge in [-0.1, -0.05) is 54.6 Å². The van der Waals surface area contributed by atoms with Crippen LogP contribution in [0, 0.1) is 0 Å². The molecular formula is C43H56N2O15. The van der Waals surface area contributed by atoms with Gasteiger partial charge in [0.1, 0.15) is 61.2 Å². The number of hydrogen-bond donors (Lipinski definition) is 6. The van der Waals surface area contributed by atoms with E-state index in [0.717, 1.165) is 5.56 Å². The quantitative estimate of drug-likeness (QED) is 0.121. The molecule has 0 spiro atoms. The molecule has 2 aliphatic heterocycles. The average molecular weight is 841 g/mol. The zero-order valence-electron chi connectivity index (χ0n) is 34.1. The number of aliphatic hydroxyl groups excluding tert-OH is 5. The molecule has 2 aromatic rings. The average Bonchev–Trinajstić information content (AvgIpc) is 3.71. The monoisotopic (exact) mass is 840 g/mol. The maximum Gasteiger partial charge on any atom is 0.338 e. The van der Waals surface area contributed by atoms with Gasteiger partial charge in [-0.25, -0.2) is 4.79 Å². The Morgan fingerprint density at radius 3 is 2.43 bits per heavy atom. The highest BCUT2D eigenvalue weighted by Crippen LogP contribution is 2.32. The van der Waals surface area contributed by atoms with Crippen LogP contribution in [0.3, 0.4) is 0 Å². The van der Waals surface area contributed by atoms with Crippen molar-refractivity contribution < 1.29 is 73.1 Å². The van der Waals surface area contributed by atoms with Crippen LogP contribution in [0.5, 0.6) is 0 Å². The first kappa shape index (κ1) is 46.5. The van der Waals surface area contributed by atoms with Crippen molar-refractivity contribution in [1.82, 2.24) is 10.2 Å². The zero-order valence-corrected chi connectivity index (χ0v) is 34.1. The number of rotatable bonds is 17. The summed E-state index contributed by atoms with van der Waals surface area (Å²) in [7, 11) is 1.50. The van der Waals surface area contributed by atoms with Crippen molar-refractivity contribution >= 4 is 29.8 Å². The maximum absolute atomic E-state index is 14.2. The van der Waals surface area contributed by atoms with Crippen molar-refractivity contribution in [2.24, 2.45) is 0 Å². The van der Waals surface area contributed by atoms with Crippen molar-refractivity contribution in [3.05, 3.63) is 89.0 Å². The summed E-state index contributed by atoms with van der Waals surface area (Å²) in [4.78, 5) is 55.3. The van der Waals surface area contributed by atoms with Gasteiger partial charge in [0.15, 0.2) is 6.29 Å². The summed E-state index contributed by atoms with van der Waals surface area (Å²) in [5, 5.41) is 52.5. The highest BCUT2D eigenvalue weighted by atomic mass is 16.7. The van der Waals surface area contributed by atoms with E-state index < -0.39 is 104 Å². The predicted molar refractivity (Wildman–Crippen MR) is 213 cm³/mol. The number of hydrogen-bond acceptors (Lipinski definition) is 15. The Balaban J connectivity index is 1.24. The number of fused-ring (bicyclic) bond motifs is 1. The lowest BCUT2D eigenvalue weighted by Crippen LogP contribution is -2.59. The Bertz CT molecular complexity index is 1830. The van der Waals surface area contributed by atoms with Crippen LogP contribution in [0.1, 0.15) is 61.5 Å². The second kappa shape index (κ2) is 21.3. The molecule has 1 aliphatic carbocycles. The summed E-state index contributed by atoms with van der Waals surface area (Å²) in [5.41, 5.74) is 1.13. The normalized spacial score (nSPS) is 26.4. The summed E-state index contributed by atoms with van der Waals surface area (Å²) < 4.78 is 33.7. The first-order valence-electron chi connectivity index (χ1n) is 19.9. The van der Waals surface area contributed by atoms with Crippen LogP contribution in [-0.2, 0) is 49.2 Å². The molecule has 0 saturated carbocycles. The van der Waals surface area contributed by atoms with E-state index in [0.29, 0.717) is 5.56 Å². The minimum Gasteiger partial charge on any atom is -0.460 e. The fourth-order valence-corrected chi connectivity index (χ4v) is 7.03. The molecule has 5 rings (SSSR count). The van der Waals surface area contributed by atoms with Crippen LogP contribution in [0.25, 0.3) is 6.08 Å². The zero-order chi connectivity index (χ0) is 43.6.